The monoisotopic (exact) mass is 312 g/mol. The number of nitrogens with zero attached hydrogens (tertiary/aromatic N) is 2. The van der Waals surface area contributed by atoms with Gasteiger partial charge in [-0.1, -0.05) is 18.2 Å². The Morgan fingerprint density at radius 2 is 2.04 bits per heavy atom. The van der Waals surface area contributed by atoms with Gasteiger partial charge in [0.1, 0.15) is 0 Å². The van der Waals surface area contributed by atoms with Gasteiger partial charge in [0.25, 0.3) is 5.91 Å². The van der Waals surface area contributed by atoms with Crippen LogP contribution in [0.25, 0.3) is 10.9 Å². The van der Waals surface area contributed by atoms with Gasteiger partial charge in [0, 0.05) is 30.2 Å². The molecule has 1 aromatic carbocycles. The van der Waals surface area contributed by atoms with Crippen LogP contribution in [0.3, 0.4) is 0 Å². The van der Waals surface area contributed by atoms with Crippen LogP contribution in [0.1, 0.15) is 16.8 Å². The van der Waals surface area contributed by atoms with Crippen molar-refractivity contribution < 1.29 is 14.4 Å². The summed E-state index contributed by atoms with van der Waals surface area (Å²) in [6, 6.07) is 7.04. The van der Waals surface area contributed by atoms with Crippen molar-refractivity contribution in [2.45, 2.75) is 12.5 Å². The molecule has 2 fully saturated rings. The molecule has 0 aliphatic carbocycles. The van der Waals surface area contributed by atoms with Crippen LogP contribution in [0.15, 0.2) is 30.5 Å². The number of H-pyrrole nitrogens is 1. The van der Waals surface area contributed by atoms with E-state index in [1.165, 1.54) is 4.90 Å². The maximum atomic E-state index is 12.7. The summed E-state index contributed by atoms with van der Waals surface area (Å²) in [5.74, 6) is -0.293. The molecule has 23 heavy (non-hydrogen) atoms. The van der Waals surface area contributed by atoms with E-state index in [9.17, 15) is 14.4 Å². The van der Waals surface area contributed by atoms with Crippen LogP contribution in [-0.2, 0) is 4.79 Å². The Bertz CT molecular complexity index is 797. The molecule has 1 unspecified atom stereocenters. The third-order valence-electron chi connectivity index (χ3n) is 4.51. The molecule has 0 spiro atoms. The standard InChI is InChI=1S/C16H16N4O3/c21-14-8-18-16(23)20(14)10-5-6-19(9-10)15(22)12-7-17-13-4-2-1-3-11(12)13/h1-4,7,10,17H,5-6,8-9H2,(H,18,23). The molecule has 1 aromatic heterocycles. The van der Waals surface area contributed by atoms with Gasteiger partial charge >= 0.3 is 6.03 Å². The van der Waals surface area contributed by atoms with Crippen molar-refractivity contribution in [2.24, 2.45) is 0 Å². The maximum absolute atomic E-state index is 12.7. The molecule has 118 valence electrons. The molecule has 2 saturated heterocycles. The van der Waals surface area contributed by atoms with E-state index in [-0.39, 0.29) is 30.4 Å². The molecular formula is C16H16N4O3. The van der Waals surface area contributed by atoms with Crippen LogP contribution in [0, 0.1) is 0 Å². The molecule has 4 rings (SSSR count). The maximum Gasteiger partial charge on any atom is 0.324 e. The lowest BCUT2D eigenvalue weighted by Crippen LogP contribution is -2.42. The van der Waals surface area contributed by atoms with Gasteiger partial charge in [-0.3, -0.25) is 14.5 Å². The van der Waals surface area contributed by atoms with E-state index in [1.54, 1.807) is 11.1 Å². The average molecular weight is 312 g/mol. The summed E-state index contributed by atoms with van der Waals surface area (Å²) in [6.07, 6.45) is 2.33. The van der Waals surface area contributed by atoms with Crippen molar-refractivity contribution in [1.29, 1.82) is 0 Å². The second kappa shape index (κ2) is 5.12. The van der Waals surface area contributed by atoms with E-state index in [1.807, 2.05) is 24.3 Å². The van der Waals surface area contributed by atoms with Gasteiger partial charge in [-0.05, 0) is 12.5 Å². The zero-order chi connectivity index (χ0) is 16.0. The van der Waals surface area contributed by atoms with Gasteiger partial charge in [-0.15, -0.1) is 0 Å². The minimum Gasteiger partial charge on any atom is -0.360 e. The molecule has 1 atom stereocenters. The molecule has 0 radical (unpaired) electrons. The average Bonchev–Trinajstić information content (AvgIpc) is 3.25. The molecule has 2 N–H and O–H groups in total. The number of likely N-dealkylation sites (tertiary alicyclic amines) is 1. The Hall–Kier alpha value is -2.83. The van der Waals surface area contributed by atoms with Crippen molar-refractivity contribution in [3.05, 3.63) is 36.0 Å². The van der Waals surface area contributed by atoms with Gasteiger partial charge in [-0.25, -0.2) is 4.79 Å². The van der Waals surface area contributed by atoms with E-state index in [2.05, 4.69) is 10.3 Å². The quantitative estimate of drug-likeness (QED) is 0.809. The Labute approximate surface area is 132 Å². The summed E-state index contributed by atoms with van der Waals surface area (Å²) in [7, 11) is 0. The lowest BCUT2D eigenvalue weighted by atomic mass is 10.1. The normalized spacial score (nSPS) is 21.3. The predicted molar refractivity (Wildman–Crippen MR) is 82.9 cm³/mol. The van der Waals surface area contributed by atoms with Gasteiger partial charge in [0.15, 0.2) is 0 Å². The first-order valence-electron chi connectivity index (χ1n) is 7.60. The van der Waals surface area contributed by atoms with Crippen LogP contribution in [0.5, 0.6) is 0 Å². The summed E-state index contributed by atoms with van der Waals surface area (Å²) >= 11 is 0. The number of fused-ring (bicyclic) bond motifs is 1. The number of carbonyl (C=O) groups excluding carboxylic acids is 3. The first-order valence-corrected chi connectivity index (χ1v) is 7.60. The van der Waals surface area contributed by atoms with Gasteiger partial charge in [0.05, 0.1) is 18.2 Å². The highest BCUT2D eigenvalue weighted by atomic mass is 16.2. The number of urea groups is 1. The number of hydrogen-bond acceptors (Lipinski definition) is 3. The lowest BCUT2D eigenvalue weighted by molar-refractivity contribution is -0.126. The van der Waals surface area contributed by atoms with E-state index >= 15 is 0 Å². The van der Waals surface area contributed by atoms with Crippen LogP contribution in [0.2, 0.25) is 0 Å². The lowest BCUT2D eigenvalue weighted by Gasteiger charge is -2.21. The first kappa shape index (κ1) is 13.8. The molecular weight excluding hydrogens is 296 g/mol. The van der Waals surface area contributed by atoms with Crippen LogP contribution in [-0.4, -0.2) is 58.3 Å². The van der Waals surface area contributed by atoms with Crippen molar-refractivity contribution >= 4 is 28.7 Å². The third-order valence-corrected chi connectivity index (χ3v) is 4.51. The zero-order valence-corrected chi connectivity index (χ0v) is 12.4. The number of imide groups is 1. The molecule has 0 bridgehead atoms. The Kier molecular flexibility index (Phi) is 3.07. The molecule has 7 nitrogen and oxygen atoms in total. The Morgan fingerprint density at radius 1 is 1.22 bits per heavy atom. The van der Waals surface area contributed by atoms with Crippen molar-refractivity contribution in [1.82, 2.24) is 20.1 Å². The smallest absolute Gasteiger partial charge is 0.324 e. The van der Waals surface area contributed by atoms with Crippen LogP contribution >= 0.6 is 0 Å². The van der Waals surface area contributed by atoms with Crippen LogP contribution < -0.4 is 5.32 Å². The zero-order valence-electron chi connectivity index (χ0n) is 12.4. The number of aromatic nitrogens is 1. The number of carbonyl (C=O) groups is 3. The highest BCUT2D eigenvalue weighted by Crippen LogP contribution is 2.24. The largest absolute Gasteiger partial charge is 0.360 e. The van der Waals surface area contributed by atoms with Crippen molar-refractivity contribution in [3.8, 4) is 0 Å². The van der Waals surface area contributed by atoms with Gasteiger partial charge in [-0.2, -0.15) is 0 Å². The number of aromatic amines is 1. The topological polar surface area (TPSA) is 85.5 Å². The number of benzene rings is 1. The fourth-order valence-electron chi connectivity index (χ4n) is 3.36. The van der Waals surface area contributed by atoms with Gasteiger partial charge < -0.3 is 15.2 Å². The molecule has 3 heterocycles. The van der Waals surface area contributed by atoms with Crippen molar-refractivity contribution in [2.75, 3.05) is 19.6 Å². The summed E-state index contributed by atoms with van der Waals surface area (Å²) < 4.78 is 0. The number of nitrogens with one attached hydrogen (secondary N) is 2. The molecule has 2 aliphatic rings. The Balaban J connectivity index is 1.54. The summed E-state index contributed by atoms with van der Waals surface area (Å²) in [5, 5.41) is 3.41. The molecule has 2 aliphatic heterocycles. The van der Waals surface area contributed by atoms with E-state index in [0.29, 0.717) is 25.1 Å². The van der Waals surface area contributed by atoms with E-state index in [4.69, 9.17) is 0 Å². The SMILES string of the molecule is O=C(c1c[nH]c2ccccc12)N1CCC(N2C(=O)CNC2=O)C1. The number of para-hydroxylation sites is 1. The molecule has 7 heteroatoms. The fraction of sp³-hybridized carbons (Fsp3) is 0.312. The first-order chi connectivity index (χ1) is 11.1. The number of amides is 4. The minimum atomic E-state index is -0.360. The van der Waals surface area contributed by atoms with E-state index < -0.39 is 0 Å². The molecule has 2 aromatic rings. The second-order valence-corrected chi connectivity index (χ2v) is 5.86. The molecule has 4 amide bonds. The third kappa shape index (κ3) is 2.16. The molecule has 0 saturated carbocycles. The summed E-state index contributed by atoms with van der Waals surface area (Å²) in [4.78, 5) is 42.3. The van der Waals surface area contributed by atoms with E-state index in [0.717, 1.165) is 10.9 Å². The number of hydrogen-bond donors (Lipinski definition) is 2. The minimum absolute atomic E-state index is 0.0473. The van der Waals surface area contributed by atoms with Crippen LogP contribution in [0.4, 0.5) is 4.79 Å². The van der Waals surface area contributed by atoms with Gasteiger partial charge in [0.2, 0.25) is 5.91 Å². The van der Waals surface area contributed by atoms with Crippen molar-refractivity contribution in [3.63, 3.8) is 0 Å². The summed E-state index contributed by atoms with van der Waals surface area (Å²) in [5.41, 5.74) is 1.54. The summed E-state index contributed by atoms with van der Waals surface area (Å²) in [6.45, 7) is 0.975. The highest BCUT2D eigenvalue weighted by Gasteiger charge is 2.39. The predicted octanol–water partition coefficient (Wildman–Crippen LogP) is 0.934. The number of rotatable bonds is 2. The highest BCUT2D eigenvalue weighted by molar-refractivity contribution is 6.07. The second-order valence-electron chi connectivity index (χ2n) is 5.86. The fourth-order valence-corrected chi connectivity index (χ4v) is 3.36. The Morgan fingerprint density at radius 3 is 2.83 bits per heavy atom.